The van der Waals surface area contributed by atoms with Gasteiger partial charge in [-0.2, -0.15) is 27.0 Å². The molecule has 4 heteroatoms. The van der Waals surface area contributed by atoms with Crippen LogP contribution in [-0.4, -0.2) is 9.97 Å². The smallest absolute Gasteiger partial charge is 0.0267 e. The molecule has 0 N–H and O–H groups in total. The maximum Gasteiger partial charge on any atom is 0.0267 e. The molecule has 0 aliphatic heterocycles. The highest BCUT2D eigenvalue weighted by Gasteiger charge is 1.59. The van der Waals surface area contributed by atoms with Crippen molar-refractivity contribution in [3.63, 3.8) is 0 Å². The summed E-state index contributed by atoms with van der Waals surface area (Å²) in [5, 5.41) is 0. The number of rotatable bonds is 0. The van der Waals surface area contributed by atoms with Crippen LogP contribution in [0, 0.1) is 0 Å². The predicted octanol–water partition coefficient (Wildman–Crippen LogP) is 2.39. The van der Waals surface area contributed by atoms with Gasteiger partial charge in [-0.15, -0.1) is 0 Å². The van der Waals surface area contributed by atoms with Crippen molar-refractivity contribution in [1.29, 1.82) is 0 Å². The molecule has 2 nitrogen and oxygen atoms in total. The zero-order valence-electron chi connectivity index (χ0n) is 7.67. The molecule has 0 atom stereocenters. The first-order chi connectivity index (χ1) is 6.00. The van der Waals surface area contributed by atoms with Gasteiger partial charge < -0.3 is 0 Å². The molecule has 0 aliphatic rings. The minimum Gasteiger partial charge on any atom is -0.265 e. The first kappa shape index (κ1) is 15.5. The third kappa shape index (κ3) is 9.09. The lowest BCUT2D eigenvalue weighted by Gasteiger charge is -1.70. The second-order valence-corrected chi connectivity index (χ2v) is 2.05. The number of hydrogen-bond donors (Lipinski definition) is 0. The molecule has 0 aromatic carbocycles. The van der Waals surface area contributed by atoms with E-state index in [1.807, 2.05) is 36.4 Å². The van der Waals surface area contributed by atoms with Gasteiger partial charge in [0.15, 0.2) is 0 Å². The molecule has 2 heterocycles. The Morgan fingerprint density at radius 3 is 0.786 bits per heavy atom. The Hall–Kier alpha value is -1.00. The summed E-state index contributed by atoms with van der Waals surface area (Å²) in [5.41, 5.74) is 0. The van der Waals surface area contributed by atoms with Crippen LogP contribution in [0.4, 0.5) is 0 Å². The van der Waals surface area contributed by atoms with Gasteiger partial charge in [0.1, 0.15) is 0 Å². The molecule has 2 rings (SSSR count). The van der Waals surface area contributed by atoms with Crippen molar-refractivity contribution in [2.75, 3.05) is 0 Å². The molecule has 0 fully saturated rings. The summed E-state index contributed by atoms with van der Waals surface area (Å²) in [5.74, 6) is 0. The summed E-state index contributed by atoms with van der Waals surface area (Å²) in [6.45, 7) is 0. The average molecular weight is 226 g/mol. The van der Waals surface area contributed by atoms with E-state index in [1.165, 1.54) is 0 Å². The number of nitrogens with zero attached hydrogens (tertiary/aromatic N) is 2. The molecular formula is C10H14N2S2. The van der Waals surface area contributed by atoms with Crippen LogP contribution in [0.5, 0.6) is 0 Å². The van der Waals surface area contributed by atoms with Crippen molar-refractivity contribution in [3.8, 4) is 0 Å². The average Bonchev–Trinajstić information content (AvgIpc) is 2.24. The van der Waals surface area contributed by atoms with Crippen LogP contribution in [0.25, 0.3) is 0 Å². The highest BCUT2D eigenvalue weighted by atomic mass is 32.1. The van der Waals surface area contributed by atoms with Crippen molar-refractivity contribution < 1.29 is 0 Å². The van der Waals surface area contributed by atoms with Gasteiger partial charge in [0.2, 0.25) is 0 Å². The van der Waals surface area contributed by atoms with Gasteiger partial charge in [0, 0.05) is 24.8 Å². The molecular weight excluding hydrogens is 212 g/mol. The van der Waals surface area contributed by atoms with Crippen LogP contribution in [0.2, 0.25) is 0 Å². The topological polar surface area (TPSA) is 25.8 Å². The molecule has 0 saturated carbocycles. The zero-order valence-corrected chi connectivity index (χ0v) is 9.67. The largest absolute Gasteiger partial charge is 0.265 e. The molecule has 0 unspecified atom stereocenters. The predicted molar refractivity (Wildman–Crippen MR) is 69.2 cm³/mol. The Bertz CT molecular complexity index is 192. The highest BCUT2D eigenvalue weighted by Crippen LogP contribution is 1.74. The quantitative estimate of drug-likeness (QED) is 0.689. The fourth-order valence-corrected chi connectivity index (χ4v) is 0.625. The Morgan fingerprint density at radius 1 is 0.429 bits per heavy atom. The summed E-state index contributed by atoms with van der Waals surface area (Å²) >= 11 is 0. The van der Waals surface area contributed by atoms with Crippen LogP contribution in [0.3, 0.4) is 0 Å². The molecule has 2 aromatic rings. The van der Waals surface area contributed by atoms with Crippen LogP contribution in [0.15, 0.2) is 61.2 Å². The van der Waals surface area contributed by atoms with E-state index in [0.717, 1.165) is 0 Å². The van der Waals surface area contributed by atoms with E-state index in [9.17, 15) is 0 Å². The van der Waals surface area contributed by atoms with Crippen LogP contribution in [-0.2, 0) is 0 Å². The number of hydrogen-bond acceptors (Lipinski definition) is 2. The Kier molecular flexibility index (Phi) is 13.3. The maximum absolute atomic E-state index is 3.78. The molecule has 0 aliphatic carbocycles. The standard InChI is InChI=1S/2C5H5N.2H2S/c2*1-2-4-6-5-3-1;;/h2*1-5H;2*1H2. The van der Waals surface area contributed by atoms with Gasteiger partial charge in [-0.3, -0.25) is 9.97 Å². The minimum absolute atomic E-state index is 0. The molecule has 0 bridgehead atoms. The zero-order chi connectivity index (χ0) is 8.49. The summed E-state index contributed by atoms with van der Waals surface area (Å²) in [7, 11) is 0. The van der Waals surface area contributed by atoms with E-state index in [1.54, 1.807) is 24.8 Å². The lowest BCUT2D eigenvalue weighted by Crippen LogP contribution is -1.58. The fraction of sp³-hybridized carbons (Fsp3) is 0. The third-order valence-electron chi connectivity index (χ3n) is 1.13. The van der Waals surface area contributed by atoms with E-state index < -0.39 is 0 Å². The Morgan fingerprint density at radius 2 is 0.714 bits per heavy atom. The first-order valence-corrected chi connectivity index (χ1v) is 3.70. The molecule has 2 aromatic heterocycles. The van der Waals surface area contributed by atoms with E-state index in [0.29, 0.717) is 0 Å². The molecule has 0 spiro atoms. The summed E-state index contributed by atoms with van der Waals surface area (Å²) in [4.78, 5) is 7.57. The van der Waals surface area contributed by atoms with Crippen molar-refractivity contribution >= 4 is 27.0 Å². The molecule has 0 amide bonds. The van der Waals surface area contributed by atoms with Crippen LogP contribution in [0.1, 0.15) is 0 Å². The van der Waals surface area contributed by atoms with E-state index in [4.69, 9.17) is 0 Å². The van der Waals surface area contributed by atoms with Gasteiger partial charge in [-0.1, -0.05) is 12.1 Å². The van der Waals surface area contributed by atoms with Crippen LogP contribution >= 0.6 is 27.0 Å². The molecule has 0 radical (unpaired) electrons. The van der Waals surface area contributed by atoms with Gasteiger partial charge >= 0.3 is 0 Å². The summed E-state index contributed by atoms with van der Waals surface area (Å²) in [6.07, 6.45) is 7.00. The van der Waals surface area contributed by atoms with Crippen molar-refractivity contribution in [2.24, 2.45) is 0 Å². The minimum atomic E-state index is 0. The monoisotopic (exact) mass is 226 g/mol. The molecule has 0 saturated heterocycles. The van der Waals surface area contributed by atoms with Gasteiger partial charge in [0.05, 0.1) is 0 Å². The van der Waals surface area contributed by atoms with E-state index >= 15 is 0 Å². The number of aromatic nitrogens is 2. The van der Waals surface area contributed by atoms with Crippen molar-refractivity contribution in [2.45, 2.75) is 0 Å². The highest BCUT2D eigenvalue weighted by molar-refractivity contribution is 7.59. The van der Waals surface area contributed by atoms with E-state index in [-0.39, 0.29) is 27.0 Å². The lowest BCUT2D eigenvalue weighted by molar-refractivity contribution is 1.33. The van der Waals surface area contributed by atoms with Gasteiger partial charge in [-0.05, 0) is 24.3 Å². The summed E-state index contributed by atoms with van der Waals surface area (Å²) < 4.78 is 0. The van der Waals surface area contributed by atoms with E-state index in [2.05, 4.69) is 9.97 Å². The molecule has 14 heavy (non-hydrogen) atoms. The second-order valence-electron chi connectivity index (χ2n) is 2.05. The van der Waals surface area contributed by atoms with Crippen LogP contribution < -0.4 is 0 Å². The SMILES string of the molecule is S.S.c1ccncc1.c1ccncc1. The number of pyridine rings is 2. The Labute approximate surface area is 98.3 Å². The third-order valence-corrected chi connectivity index (χ3v) is 1.13. The fourth-order valence-electron chi connectivity index (χ4n) is 0.625. The van der Waals surface area contributed by atoms with Crippen molar-refractivity contribution in [1.82, 2.24) is 9.97 Å². The lowest BCUT2D eigenvalue weighted by atomic mass is 10.5. The molecule has 76 valence electrons. The van der Waals surface area contributed by atoms with Crippen molar-refractivity contribution in [3.05, 3.63) is 61.2 Å². The van der Waals surface area contributed by atoms with Gasteiger partial charge in [0.25, 0.3) is 0 Å². The summed E-state index contributed by atoms with van der Waals surface area (Å²) in [6, 6.07) is 11.4. The normalized spacial score (nSPS) is 6.86. The first-order valence-electron chi connectivity index (χ1n) is 3.70. The Balaban J connectivity index is 0. The van der Waals surface area contributed by atoms with Gasteiger partial charge in [-0.25, -0.2) is 0 Å². The maximum atomic E-state index is 3.78. The second kappa shape index (κ2) is 12.0.